The van der Waals surface area contributed by atoms with Crippen molar-refractivity contribution in [2.45, 2.75) is 31.9 Å². The maximum absolute atomic E-state index is 10.1. The number of rotatable bonds is 8. The molecule has 2 aromatic carbocycles. The minimum absolute atomic E-state index is 0.210. The van der Waals surface area contributed by atoms with Crippen LogP contribution in [0, 0.1) is 0 Å². The van der Waals surface area contributed by atoms with Crippen molar-refractivity contribution >= 4 is 0 Å². The zero-order valence-electron chi connectivity index (χ0n) is 13.7. The number of aliphatic hydroxyl groups is 1. The summed E-state index contributed by atoms with van der Waals surface area (Å²) in [5.41, 5.74) is 2.08. The monoisotopic (exact) mass is 315 g/mol. The van der Waals surface area contributed by atoms with Gasteiger partial charge >= 0.3 is 0 Å². The number of phenols is 1. The number of hydrogen-bond acceptors (Lipinski definition) is 4. The number of nitrogens with one attached hydrogen (secondary N) is 1. The van der Waals surface area contributed by atoms with Crippen LogP contribution in [-0.4, -0.2) is 29.9 Å². The topological polar surface area (TPSA) is 61.7 Å². The Labute approximate surface area is 137 Å². The predicted molar refractivity (Wildman–Crippen MR) is 91.8 cm³/mol. The molecule has 2 atom stereocenters. The lowest BCUT2D eigenvalue weighted by Gasteiger charge is -2.17. The predicted octanol–water partition coefficient (Wildman–Crippen LogP) is 3.05. The Kier molecular flexibility index (Phi) is 6.44. The minimum Gasteiger partial charge on any atom is -0.508 e. The highest BCUT2D eigenvalue weighted by Gasteiger charge is 2.09. The molecule has 0 saturated heterocycles. The van der Waals surface area contributed by atoms with Gasteiger partial charge in [0, 0.05) is 12.6 Å². The Morgan fingerprint density at radius 2 is 1.70 bits per heavy atom. The fourth-order valence-electron chi connectivity index (χ4n) is 2.40. The minimum atomic E-state index is -0.570. The molecule has 0 aliphatic carbocycles. The quantitative estimate of drug-likeness (QED) is 0.701. The van der Waals surface area contributed by atoms with Crippen LogP contribution in [0.2, 0.25) is 0 Å². The number of benzene rings is 2. The number of phenolic OH excluding ortho intramolecular Hbond substituents is 1. The maximum atomic E-state index is 10.1. The van der Waals surface area contributed by atoms with Crippen molar-refractivity contribution in [3.8, 4) is 11.5 Å². The summed E-state index contributed by atoms with van der Waals surface area (Å²) in [4.78, 5) is 0. The second kappa shape index (κ2) is 8.56. The molecule has 0 aliphatic rings. The van der Waals surface area contributed by atoms with Gasteiger partial charge in [0.25, 0.3) is 0 Å². The van der Waals surface area contributed by atoms with Crippen LogP contribution < -0.4 is 10.1 Å². The molecule has 4 nitrogen and oxygen atoms in total. The summed E-state index contributed by atoms with van der Waals surface area (Å²) in [6, 6.07) is 15.1. The lowest BCUT2D eigenvalue weighted by atomic mass is 10.1. The number of aryl methyl sites for hydroxylation is 1. The summed E-state index contributed by atoms with van der Waals surface area (Å²) in [7, 11) is 1.67. The highest BCUT2D eigenvalue weighted by atomic mass is 16.5. The summed E-state index contributed by atoms with van der Waals surface area (Å²) in [6.45, 7) is 2.61. The lowest BCUT2D eigenvalue weighted by molar-refractivity contribution is 0.170. The second-order valence-corrected chi connectivity index (χ2v) is 5.80. The molecule has 23 heavy (non-hydrogen) atoms. The number of ether oxygens (including phenoxy) is 1. The van der Waals surface area contributed by atoms with Crippen LogP contribution in [0.4, 0.5) is 0 Å². The highest BCUT2D eigenvalue weighted by Crippen LogP contribution is 2.17. The average molecular weight is 315 g/mol. The van der Waals surface area contributed by atoms with E-state index in [1.165, 1.54) is 5.56 Å². The third kappa shape index (κ3) is 5.58. The molecule has 0 aromatic heterocycles. The lowest BCUT2D eigenvalue weighted by Crippen LogP contribution is -2.30. The Morgan fingerprint density at radius 3 is 2.30 bits per heavy atom. The molecule has 0 amide bonds. The van der Waals surface area contributed by atoms with Crippen molar-refractivity contribution in [3.05, 3.63) is 59.7 Å². The van der Waals surface area contributed by atoms with E-state index in [0.29, 0.717) is 12.6 Å². The number of hydrogen-bond donors (Lipinski definition) is 3. The van der Waals surface area contributed by atoms with E-state index in [4.69, 9.17) is 4.74 Å². The van der Waals surface area contributed by atoms with Crippen LogP contribution in [-0.2, 0) is 6.42 Å². The molecule has 0 fully saturated rings. The molecule has 0 aliphatic heterocycles. The van der Waals surface area contributed by atoms with Crippen LogP contribution in [0.3, 0.4) is 0 Å². The summed E-state index contributed by atoms with van der Waals surface area (Å²) < 4.78 is 5.15. The number of aliphatic hydroxyl groups excluding tert-OH is 1. The van der Waals surface area contributed by atoms with Crippen LogP contribution in [0.25, 0.3) is 0 Å². The summed E-state index contributed by atoms with van der Waals surface area (Å²) >= 11 is 0. The number of methoxy groups -OCH3 is 1. The molecule has 0 bridgehead atoms. The van der Waals surface area contributed by atoms with Crippen molar-refractivity contribution in [1.29, 1.82) is 0 Å². The average Bonchev–Trinajstić information content (AvgIpc) is 2.59. The fraction of sp³-hybridized carbons (Fsp3) is 0.368. The molecule has 4 heteroatoms. The SMILES string of the molecule is COc1ccc(CC[C@H](C)NC[C@@H](O)c2ccc(O)cc2)cc1. The molecule has 0 spiro atoms. The number of aromatic hydroxyl groups is 1. The smallest absolute Gasteiger partial charge is 0.118 e. The molecular formula is C19H25NO3. The second-order valence-electron chi connectivity index (χ2n) is 5.80. The highest BCUT2D eigenvalue weighted by molar-refractivity contribution is 5.28. The van der Waals surface area contributed by atoms with E-state index in [-0.39, 0.29) is 5.75 Å². The normalized spacial score (nSPS) is 13.5. The van der Waals surface area contributed by atoms with Gasteiger partial charge in [-0.1, -0.05) is 24.3 Å². The Balaban J connectivity index is 1.73. The van der Waals surface area contributed by atoms with Gasteiger partial charge in [0.15, 0.2) is 0 Å². The van der Waals surface area contributed by atoms with E-state index < -0.39 is 6.10 Å². The molecule has 0 unspecified atom stereocenters. The van der Waals surface area contributed by atoms with Gasteiger partial charge in [0.2, 0.25) is 0 Å². The molecule has 0 saturated carbocycles. The van der Waals surface area contributed by atoms with E-state index in [1.807, 2.05) is 12.1 Å². The van der Waals surface area contributed by atoms with Crippen molar-refractivity contribution in [2.24, 2.45) is 0 Å². The van der Waals surface area contributed by atoms with E-state index in [2.05, 4.69) is 24.4 Å². The first kappa shape index (κ1) is 17.3. The first-order valence-electron chi connectivity index (χ1n) is 7.92. The van der Waals surface area contributed by atoms with Gasteiger partial charge < -0.3 is 20.3 Å². The molecule has 2 aromatic rings. The van der Waals surface area contributed by atoms with Crippen molar-refractivity contribution in [2.75, 3.05) is 13.7 Å². The summed E-state index contributed by atoms with van der Waals surface area (Å²) in [5.74, 6) is 1.08. The van der Waals surface area contributed by atoms with E-state index in [9.17, 15) is 10.2 Å². The van der Waals surface area contributed by atoms with Gasteiger partial charge in [0.1, 0.15) is 11.5 Å². The van der Waals surface area contributed by atoms with Gasteiger partial charge in [-0.3, -0.25) is 0 Å². The zero-order valence-corrected chi connectivity index (χ0v) is 13.7. The van der Waals surface area contributed by atoms with E-state index in [0.717, 1.165) is 24.2 Å². The van der Waals surface area contributed by atoms with Crippen LogP contribution in [0.1, 0.15) is 30.6 Å². The molecular weight excluding hydrogens is 290 g/mol. The van der Waals surface area contributed by atoms with Gasteiger partial charge in [0.05, 0.1) is 13.2 Å². The van der Waals surface area contributed by atoms with Gasteiger partial charge in [-0.25, -0.2) is 0 Å². The van der Waals surface area contributed by atoms with Gasteiger partial charge in [-0.05, 0) is 55.2 Å². The standard InChI is InChI=1S/C19H25NO3/c1-14(3-4-15-5-11-18(23-2)12-6-15)20-13-19(22)16-7-9-17(21)10-8-16/h5-12,14,19-22H,3-4,13H2,1-2H3/t14-,19+/m0/s1. The van der Waals surface area contributed by atoms with Gasteiger partial charge in [-0.15, -0.1) is 0 Å². The first-order chi connectivity index (χ1) is 11.1. The van der Waals surface area contributed by atoms with E-state index in [1.54, 1.807) is 31.4 Å². The molecule has 2 rings (SSSR count). The third-order valence-corrected chi connectivity index (χ3v) is 3.96. The molecule has 0 radical (unpaired) electrons. The van der Waals surface area contributed by atoms with Gasteiger partial charge in [-0.2, -0.15) is 0 Å². The fourth-order valence-corrected chi connectivity index (χ4v) is 2.40. The first-order valence-corrected chi connectivity index (χ1v) is 7.92. The van der Waals surface area contributed by atoms with Crippen molar-refractivity contribution in [3.63, 3.8) is 0 Å². The maximum Gasteiger partial charge on any atom is 0.118 e. The summed E-state index contributed by atoms with van der Waals surface area (Å²) in [5, 5.41) is 22.8. The molecule has 0 heterocycles. The van der Waals surface area contributed by atoms with Crippen molar-refractivity contribution < 1.29 is 14.9 Å². The summed E-state index contributed by atoms with van der Waals surface area (Å²) in [6.07, 6.45) is 1.40. The van der Waals surface area contributed by atoms with Crippen LogP contribution in [0.5, 0.6) is 11.5 Å². The molecule has 124 valence electrons. The zero-order chi connectivity index (χ0) is 16.7. The molecule has 3 N–H and O–H groups in total. The largest absolute Gasteiger partial charge is 0.508 e. The van der Waals surface area contributed by atoms with Crippen molar-refractivity contribution in [1.82, 2.24) is 5.32 Å². The Hall–Kier alpha value is -2.04. The van der Waals surface area contributed by atoms with Crippen LogP contribution in [0.15, 0.2) is 48.5 Å². The third-order valence-electron chi connectivity index (χ3n) is 3.96. The Bertz CT molecular complexity index is 581. The Morgan fingerprint density at radius 1 is 1.04 bits per heavy atom. The van der Waals surface area contributed by atoms with E-state index >= 15 is 0 Å². The van der Waals surface area contributed by atoms with Crippen LogP contribution >= 0.6 is 0 Å².